The molecule has 0 aliphatic rings. The van der Waals surface area contributed by atoms with Gasteiger partial charge in [-0.3, -0.25) is 0 Å². The molecule has 0 saturated carbocycles. The first-order chi connectivity index (χ1) is 8.08. The normalized spacial score (nSPS) is 10.2. The summed E-state index contributed by atoms with van der Waals surface area (Å²) >= 11 is 5.66. The molecule has 0 radical (unpaired) electrons. The summed E-state index contributed by atoms with van der Waals surface area (Å²) in [6, 6.07) is 7.84. The highest BCUT2D eigenvalue weighted by Gasteiger charge is 2.07. The predicted octanol–water partition coefficient (Wildman–Crippen LogP) is 2.78. The fraction of sp³-hybridized carbons (Fsp3) is 0. The van der Waals surface area contributed by atoms with Crippen LogP contribution in [0, 0.1) is 5.82 Å². The quantitative estimate of drug-likeness (QED) is 0.768. The van der Waals surface area contributed by atoms with Gasteiger partial charge in [-0.05, 0) is 24.3 Å². The van der Waals surface area contributed by atoms with Gasteiger partial charge in [0.2, 0.25) is 0 Å². The van der Waals surface area contributed by atoms with Crippen molar-refractivity contribution in [3.63, 3.8) is 0 Å². The van der Waals surface area contributed by atoms with E-state index in [1.807, 2.05) is 0 Å². The lowest BCUT2D eigenvalue weighted by Crippen LogP contribution is -2.02. The molecule has 0 amide bonds. The minimum atomic E-state index is -0.536. The van der Waals surface area contributed by atoms with Gasteiger partial charge in [0.25, 0.3) is 0 Å². The Morgan fingerprint density at radius 3 is 2.65 bits per heavy atom. The van der Waals surface area contributed by atoms with Crippen LogP contribution in [0.25, 0.3) is 0 Å². The molecular formula is C11H10ClFN4. The van der Waals surface area contributed by atoms with Gasteiger partial charge >= 0.3 is 0 Å². The largest absolute Gasteiger partial charge is 0.396 e. The Labute approximate surface area is 102 Å². The second kappa shape index (κ2) is 4.47. The van der Waals surface area contributed by atoms with E-state index in [0.29, 0.717) is 11.5 Å². The average molecular weight is 253 g/mol. The molecule has 5 N–H and O–H groups in total. The summed E-state index contributed by atoms with van der Waals surface area (Å²) in [7, 11) is 0. The second-order valence-corrected chi connectivity index (χ2v) is 3.80. The SMILES string of the molecule is Nc1ccc(Nc2cccc(Cl)c2F)nc1N. The molecule has 0 saturated heterocycles. The van der Waals surface area contributed by atoms with Gasteiger partial charge in [0.1, 0.15) is 11.6 Å². The average Bonchev–Trinajstić information content (AvgIpc) is 2.30. The first kappa shape index (κ1) is 11.5. The number of anilines is 4. The lowest BCUT2D eigenvalue weighted by Gasteiger charge is -2.08. The monoisotopic (exact) mass is 252 g/mol. The van der Waals surface area contributed by atoms with E-state index in [-0.39, 0.29) is 16.5 Å². The van der Waals surface area contributed by atoms with Gasteiger partial charge in [0, 0.05) is 0 Å². The molecule has 1 aromatic heterocycles. The van der Waals surface area contributed by atoms with Crippen molar-refractivity contribution in [2.24, 2.45) is 0 Å². The van der Waals surface area contributed by atoms with Crippen LogP contribution in [0.3, 0.4) is 0 Å². The number of nitrogens with two attached hydrogens (primary N) is 2. The van der Waals surface area contributed by atoms with Crippen LogP contribution in [-0.2, 0) is 0 Å². The van der Waals surface area contributed by atoms with Gasteiger partial charge in [0.05, 0.1) is 16.4 Å². The Bertz CT molecular complexity index is 559. The second-order valence-electron chi connectivity index (χ2n) is 3.40. The molecule has 0 spiro atoms. The van der Waals surface area contributed by atoms with E-state index in [0.717, 1.165) is 0 Å². The molecule has 0 aliphatic heterocycles. The van der Waals surface area contributed by atoms with Gasteiger partial charge in [-0.1, -0.05) is 17.7 Å². The topological polar surface area (TPSA) is 77.0 Å². The predicted molar refractivity (Wildman–Crippen MR) is 67.8 cm³/mol. The number of nitrogens with one attached hydrogen (secondary N) is 1. The zero-order chi connectivity index (χ0) is 12.4. The van der Waals surface area contributed by atoms with E-state index < -0.39 is 5.82 Å². The highest BCUT2D eigenvalue weighted by molar-refractivity contribution is 6.31. The standard InChI is InChI=1S/C11H10ClFN4/c12-6-2-1-3-8(10(6)13)16-9-5-4-7(14)11(15)17-9/h1-5H,14H2,(H3,15,16,17). The molecule has 1 aromatic carbocycles. The third-order valence-electron chi connectivity index (χ3n) is 2.17. The number of nitrogen functional groups attached to an aromatic ring is 2. The van der Waals surface area contributed by atoms with Crippen LogP contribution in [0.5, 0.6) is 0 Å². The fourth-order valence-corrected chi connectivity index (χ4v) is 1.47. The molecule has 6 heteroatoms. The van der Waals surface area contributed by atoms with Crippen molar-refractivity contribution < 1.29 is 4.39 Å². The van der Waals surface area contributed by atoms with Crippen LogP contribution >= 0.6 is 11.6 Å². The maximum absolute atomic E-state index is 13.6. The molecule has 0 atom stereocenters. The van der Waals surface area contributed by atoms with Crippen LogP contribution in [-0.4, -0.2) is 4.98 Å². The van der Waals surface area contributed by atoms with Crippen molar-refractivity contribution in [3.05, 3.63) is 41.2 Å². The Balaban J connectivity index is 2.31. The third kappa shape index (κ3) is 2.39. The van der Waals surface area contributed by atoms with Crippen molar-refractivity contribution in [2.75, 3.05) is 16.8 Å². The fourth-order valence-electron chi connectivity index (χ4n) is 1.29. The molecule has 88 valence electrons. The Morgan fingerprint density at radius 2 is 1.94 bits per heavy atom. The Hall–Kier alpha value is -2.01. The summed E-state index contributed by atoms with van der Waals surface area (Å²) in [5.41, 5.74) is 11.7. The maximum Gasteiger partial charge on any atom is 0.165 e. The molecule has 17 heavy (non-hydrogen) atoms. The molecule has 4 nitrogen and oxygen atoms in total. The minimum absolute atomic E-state index is 0.0402. The number of halogens is 2. The van der Waals surface area contributed by atoms with Crippen LogP contribution in [0.15, 0.2) is 30.3 Å². The van der Waals surface area contributed by atoms with Crippen LogP contribution in [0.2, 0.25) is 5.02 Å². The van der Waals surface area contributed by atoms with E-state index in [1.54, 1.807) is 24.3 Å². The van der Waals surface area contributed by atoms with Gasteiger partial charge in [-0.25, -0.2) is 9.37 Å². The van der Waals surface area contributed by atoms with E-state index in [4.69, 9.17) is 23.1 Å². The first-order valence-electron chi connectivity index (χ1n) is 4.81. The zero-order valence-corrected chi connectivity index (χ0v) is 9.50. The third-order valence-corrected chi connectivity index (χ3v) is 2.46. The highest BCUT2D eigenvalue weighted by atomic mass is 35.5. The smallest absolute Gasteiger partial charge is 0.165 e. The van der Waals surface area contributed by atoms with E-state index >= 15 is 0 Å². The number of rotatable bonds is 2. The number of hydrogen-bond acceptors (Lipinski definition) is 4. The number of aromatic nitrogens is 1. The summed E-state index contributed by atoms with van der Waals surface area (Å²) in [5.74, 6) is 0.0571. The summed E-state index contributed by atoms with van der Waals surface area (Å²) in [6.07, 6.45) is 0. The van der Waals surface area contributed by atoms with Crippen LogP contribution in [0.4, 0.5) is 27.4 Å². The highest BCUT2D eigenvalue weighted by Crippen LogP contribution is 2.25. The van der Waals surface area contributed by atoms with E-state index in [9.17, 15) is 4.39 Å². The van der Waals surface area contributed by atoms with Crippen molar-refractivity contribution in [3.8, 4) is 0 Å². The first-order valence-corrected chi connectivity index (χ1v) is 5.19. The Kier molecular flexibility index (Phi) is 3.01. The summed E-state index contributed by atoms with van der Waals surface area (Å²) in [5, 5.41) is 2.82. The molecule has 0 bridgehead atoms. The number of benzene rings is 1. The van der Waals surface area contributed by atoms with Crippen molar-refractivity contribution in [1.29, 1.82) is 0 Å². The van der Waals surface area contributed by atoms with E-state index in [2.05, 4.69) is 10.3 Å². The van der Waals surface area contributed by atoms with Crippen molar-refractivity contribution >= 4 is 34.6 Å². The van der Waals surface area contributed by atoms with Crippen LogP contribution in [0.1, 0.15) is 0 Å². The molecule has 0 fully saturated rings. The number of hydrogen-bond donors (Lipinski definition) is 3. The zero-order valence-electron chi connectivity index (χ0n) is 8.74. The van der Waals surface area contributed by atoms with Crippen molar-refractivity contribution in [2.45, 2.75) is 0 Å². The summed E-state index contributed by atoms with van der Waals surface area (Å²) < 4.78 is 13.6. The lowest BCUT2D eigenvalue weighted by molar-refractivity contribution is 0.632. The molecule has 0 aliphatic carbocycles. The van der Waals surface area contributed by atoms with Crippen LogP contribution < -0.4 is 16.8 Å². The van der Waals surface area contributed by atoms with E-state index in [1.165, 1.54) is 6.07 Å². The molecule has 2 aromatic rings. The summed E-state index contributed by atoms with van der Waals surface area (Å²) in [4.78, 5) is 3.97. The molecule has 2 rings (SSSR count). The van der Waals surface area contributed by atoms with Crippen molar-refractivity contribution in [1.82, 2.24) is 4.98 Å². The number of nitrogens with zero attached hydrogens (tertiary/aromatic N) is 1. The summed E-state index contributed by atoms with van der Waals surface area (Å²) in [6.45, 7) is 0. The van der Waals surface area contributed by atoms with Gasteiger partial charge < -0.3 is 16.8 Å². The van der Waals surface area contributed by atoms with Gasteiger partial charge in [-0.15, -0.1) is 0 Å². The van der Waals surface area contributed by atoms with Gasteiger partial charge in [-0.2, -0.15) is 0 Å². The molecular weight excluding hydrogens is 243 g/mol. The number of pyridine rings is 1. The molecule has 1 heterocycles. The Morgan fingerprint density at radius 1 is 1.18 bits per heavy atom. The lowest BCUT2D eigenvalue weighted by atomic mass is 10.3. The minimum Gasteiger partial charge on any atom is -0.396 e. The maximum atomic E-state index is 13.6. The molecule has 0 unspecified atom stereocenters. The van der Waals surface area contributed by atoms with Gasteiger partial charge in [0.15, 0.2) is 5.82 Å².